The Hall–Kier alpha value is -0.910. The molecule has 6 heteroatoms. The number of anilines is 2. The number of hydrogen-bond donors (Lipinski definition) is 3. The van der Waals surface area contributed by atoms with Gasteiger partial charge >= 0.3 is 0 Å². The van der Waals surface area contributed by atoms with Crippen LogP contribution in [0, 0.1) is 5.92 Å². The molecule has 0 aromatic heterocycles. The van der Waals surface area contributed by atoms with Crippen molar-refractivity contribution in [1.82, 2.24) is 0 Å². The smallest absolute Gasteiger partial charge is 0.224 e. The van der Waals surface area contributed by atoms with Crippen molar-refractivity contribution in [2.45, 2.75) is 19.8 Å². The number of benzene rings is 1. The zero-order valence-electron chi connectivity index (χ0n) is 11.6. The SMILES string of the molecule is CC(CO)CSCCCC(=O)Nc1ccc(Cl)cc1N. The number of nitrogen functional groups attached to an aromatic ring is 1. The molecule has 4 N–H and O–H groups in total. The lowest BCUT2D eigenvalue weighted by Crippen LogP contribution is -2.13. The van der Waals surface area contributed by atoms with Crippen LogP contribution in [0.1, 0.15) is 19.8 Å². The van der Waals surface area contributed by atoms with Gasteiger partial charge in [-0.15, -0.1) is 0 Å². The van der Waals surface area contributed by atoms with Gasteiger partial charge in [-0.05, 0) is 42.0 Å². The largest absolute Gasteiger partial charge is 0.397 e. The molecule has 4 nitrogen and oxygen atoms in total. The highest BCUT2D eigenvalue weighted by Gasteiger charge is 2.06. The van der Waals surface area contributed by atoms with Crippen molar-refractivity contribution in [3.05, 3.63) is 23.2 Å². The van der Waals surface area contributed by atoms with Crippen LogP contribution in [0.4, 0.5) is 11.4 Å². The van der Waals surface area contributed by atoms with Crippen molar-refractivity contribution in [1.29, 1.82) is 0 Å². The van der Waals surface area contributed by atoms with Crippen molar-refractivity contribution in [3.8, 4) is 0 Å². The molecule has 0 spiro atoms. The van der Waals surface area contributed by atoms with Gasteiger partial charge in [0.25, 0.3) is 0 Å². The zero-order valence-corrected chi connectivity index (χ0v) is 13.1. The first-order valence-electron chi connectivity index (χ1n) is 6.56. The minimum absolute atomic E-state index is 0.0465. The molecule has 1 amide bonds. The number of carbonyl (C=O) groups is 1. The average Bonchev–Trinajstić information content (AvgIpc) is 2.41. The van der Waals surface area contributed by atoms with Crippen molar-refractivity contribution in [2.24, 2.45) is 5.92 Å². The molecule has 1 aromatic rings. The summed E-state index contributed by atoms with van der Waals surface area (Å²) in [4.78, 5) is 11.8. The molecule has 0 heterocycles. The molecule has 1 atom stereocenters. The van der Waals surface area contributed by atoms with Crippen molar-refractivity contribution >= 4 is 40.6 Å². The maximum absolute atomic E-state index is 11.8. The van der Waals surface area contributed by atoms with Crippen LogP contribution in [0.25, 0.3) is 0 Å². The molecule has 1 rings (SSSR count). The second kappa shape index (κ2) is 9.10. The van der Waals surface area contributed by atoms with Crippen molar-refractivity contribution in [3.63, 3.8) is 0 Å². The molecule has 1 unspecified atom stereocenters. The Bertz CT molecular complexity index is 443. The van der Waals surface area contributed by atoms with Crippen LogP contribution in [0.2, 0.25) is 5.02 Å². The summed E-state index contributed by atoms with van der Waals surface area (Å²) in [5.74, 6) is 2.09. The maximum atomic E-state index is 11.8. The summed E-state index contributed by atoms with van der Waals surface area (Å²) in [5, 5.41) is 12.2. The highest BCUT2D eigenvalue weighted by Crippen LogP contribution is 2.22. The van der Waals surface area contributed by atoms with E-state index < -0.39 is 0 Å². The van der Waals surface area contributed by atoms with E-state index in [2.05, 4.69) is 5.32 Å². The van der Waals surface area contributed by atoms with Crippen LogP contribution >= 0.6 is 23.4 Å². The third kappa shape index (κ3) is 6.50. The third-order valence-electron chi connectivity index (χ3n) is 2.69. The van der Waals surface area contributed by atoms with Gasteiger partial charge in [0.15, 0.2) is 0 Å². The molecule has 20 heavy (non-hydrogen) atoms. The lowest BCUT2D eigenvalue weighted by atomic mass is 10.2. The summed E-state index contributed by atoms with van der Waals surface area (Å²) in [7, 11) is 0. The highest BCUT2D eigenvalue weighted by molar-refractivity contribution is 7.99. The number of hydrogen-bond acceptors (Lipinski definition) is 4. The van der Waals surface area contributed by atoms with Gasteiger partial charge in [0.2, 0.25) is 5.91 Å². The first-order chi connectivity index (χ1) is 9.52. The Morgan fingerprint density at radius 2 is 2.30 bits per heavy atom. The van der Waals surface area contributed by atoms with Crippen LogP contribution in [-0.2, 0) is 4.79 Å². The van der Waals surface area contributed by atoms with Crippen LogP contribution in [0.3, 0.4) is 0 Å². The Morgan fingerprint density at radius 3 is 2.95 bits per heavy atom. The number of thioether (sulfide) groups is 1. The molecule has 0 saturated carbocycles. The van der Waals surface area contributed by atoms with Gasteiger partial charge < -0.3 is 16.2 Å². The van der Waals surface area contributed by atoms with Crippen molar-refractivity contribution < 1.29 is 9.90 Å². The molecular formula is C14H21ClN2O2S. The molecule has 0 fully saturated rings. The minimum atomic E-state index is -0.0465. The van der Waals surface area contributed by atoms with Gasteiger partial charge in [-0.25, -0.2) is 0 Å². The number of halogens is 1. The van der Waals surface area contributed by atoms with E-state index in [4.69, 9.17) is 22.4 Å². The van der Waals surface area contributed by atoms with Gasteiger partial charge in [0.05, 0.1) is 11.4 Å². The Labute approximate surface area is 129 Å². The number of amides is 1. The molecule has 0 saturated heterocycles. The highest BCUT2D eigenvalue weighted by atomic mass is 35.5. The van der Waals surface area contributed by atoms with E-state index in [1.54, 1.807) is 30.0 Å². The van der Waals surface area contributed by atoms with E-state index in [9.17, 15) is 4.79 Å². The van der Waals surface area contributed by atoms with Gasteiger partial charge in [-0.3, -0.25) is 4.79 Å². The second-order valence-electron chi connectivity index (χ2n) is 4.75. The molecule has 0 aliphatic heterocycles. The van der Waals surface area contributed by atoms with E-state index in [0.29, 0.717) is 28.7 Å². The number of rotatable bonds is 8. The molecule has 0 aliphatic rings. The van der Waals surface area contributed by atoms with Gasteiger partial charge in [-0.1, -0.05) is 18.5 Å². The van der Waals surface area contributed by atoms with E-state index in [0.717, 1.165) is 17.9 Å². The number of nitrogens with one attached hydrogen (secondary N) is 1. The number of aliphatic hydroxyl groups excluding tert-OH is 1. The topological polar surface area (TPSA) is 75.3 Å². The van der Waals surface area contributed by atoms with Crippen molar-refractivity contribution in [2.75, 3.05) is 29.2 Å². The van der Waals surface area contributed by atoms with E-state index in [1.807, 2.05) is 6.92 Å². The molecule has 0 aliphatic carbocycles. The summed E-state index contributed by atoms with van der Waals surface area (Å²) in [6.45, 7) is 2.21. The number of carbonyl (C=O) groups excluding carboxylic acids is 1. The van der Waals surface area contributed by atoms with Crippen LogP contribution in [-0.4, -0.2) is 29.1 Å². The number of nitrogens with two attached hydrogens (primary N) is 1. The summed E-state index contributed by atoms with van der Waals surface area (Å²) >= 11 is 7.55. The Morgan fingerprint density at radius 1 is 1.55 bits per heavy atom. The normalized spacial score (nSPS) is 12.2. The first kappa shape index (κ1) is 17.1. The Kier molecular flexibility index (Phi) is 7.80. The maximum Gasteiger partial charge on any atom is 0.224 e. The molecule has 0 radical (unpaired) electrons. The first-order valence-corrected chi connectivity index (χ1v) is 8.09. The summed E-state index contributed by atoms with van der Waals surface area (Å²) < 4.78 is 0. The fraction of sp³-hybridized carbons (Fsp3) is 0.500. The van der Waals surface area contributed by atoms with E-state index >= 15 is 0 Å². The van der Waals surface area contributed by atoms with Gasteiger partial charge in [-0.2, -0.15) is 11.8 Å². The zero-order chi connectivity index (χ0) is 15.0. The third-order valence-corrected chi connectivity index (χ3v) is 4.31. The van der Waals surface area contributed by atoms with Crippen LogP contribution in [0.5, 0.6) is 0 Å². The number of aliphatic hydroxyl groups is 1. The predicted molar refractivity (Wildman–Crippen MR) is 87.3 cm³/mol. The summed E-state index contributed by atoms with van der Waals surface area (Å²) in [6, 6.07) is 5.01. The van der Waals surface area contributed by atoms with Crippen LogP contribution in [0.15, 0.2) is 18.2 Å². The van der Waals surface area contributed by atoms with Gasteiger partial charge in [0, 0.05) is 18.1 Å². The monoisotopic (exact) mass is 316 g/mol. The van der Waals surface area contributed by atoms with E-state index in [-0.39, 0.29) is 12.5 Å². The molecule has 1 aromatic carbocycles. The lowest BCUT2D eigenvalue weighted by molar-refractivity contribution is -0.116. The van der Waals surface area contributed by atoms with Gasteiger partial charge in [0.1, 0.15) is 0 Å². The average molecular weight is 317 g/mol. The summed E-state index contributed by atoms with van der Waals surface area (Å²) in [6.07, 6.45) is 1.27. The predicted octanol–water partition coefficient (Wildman–Crippen LogP) is 3.00. The quantitative estimate of drug-likeness (QED) is 0.509. The second-order valence-corrected chi connectivity index (χ2v) is 6.33. The molecule has 112 valence electrons. The van der Waals surface area contributed by atoms with Crippen LogP contribution < -0.4 is 11.1 Å². The minimum Gasteiger partial charge on any atom is -0.397 e. The lowest BCUT2D eigenvalue weighted by Gasteiger charge is -2.09. The van der Waals surface area contributed by atoms with E-state index in [1.165, 1.54) is 0 Å². The molecular weight excluding hydrogens is 296 g/mol. The summed E-state index contributed by atoms with van der Waals surface area (Å²) in [5.41, 5.74) is 6.84. The Balaban J connectivity index is 2.23. The fourth-order valence-electron chi connectivity index (χ4n) is 1.53. The molecule has 0 bridgehead atoms. The standard InChI is InChI=1S/C14H21ClN2O2S/c1-10(8-18)9-20-6-2-3-14(19)17-13-5-4-11(15)7-12(13)16/h4-5,7,10,18H,2-3,6,8-9,16H2,1H3,(H,17,19). The fourth-order valence-corrected chi connectivity index (χ4v) is 2.74.